The van der Waals surface area contributed by atoms with Gasteiger partial charge in [0.1, 0.15) is 11.5 Å². The van der Waals surface area contributed by atoms with Crippen LogP contribution in [0.4, 0.5) is 0 Å². The number of halogens is 1. The van der Waals surface area contributed by atoms with Gasteiger partial charge in [-0.05, 0) is 24.6 Å². The van der Waals surface area contributed by atoms with E-state index in [2.05, 4.69) is 4.98 Å². The van der Waals surface area contributed by atoms with E-state index in [1.165, 1.54) is 0 Å². The third kappa shape index (κ3) is 2.46. The highest BCUT2D eigenvalue weighted by atomic mass is 35.5. The van der Waals surface area contributed by atoms with E-state index in [4.69, 9.17) is 11.6 Å². The van der Waals surface area contributed by atoms with Crippen molar-refractivity contribution in [3.63, 3.8) is 0 Å². The van der Waals surface area contributed by atoms with E-state index in [1.807, 2.05) is 42.7 Å². The highest BCUT2D eigenvalue weighted by Crippen LogP contribution is 2.15. The fraction of sp³-hybridized carbons (Fsp3) is 0.286. The monoisotopic (exact) mass is 262 g/mol. The molecule has 2 aromatic rings. The summed E-state index contributed by atoms with van der Waals surface area (Å²) in [6.07, 6.45) is 1.68. The lowest BCUT2D eigenvalue weighted by Gasteiger charge is -2.08. The van der Waals surface area contributed by atoms with Crippen LogP contribution in [0.2, 0.25) is 5.02 Å². The molecule has 0 spiro atoms. The van der Waals surface area contributed by atoms with Crippen LogP contribution in [0.3, 0.4) is 0 Å². The lowest BCUT2D eigenvalue weighted by atomic mass is 10.2. The molecule has 0 aliphatic rings. The second-order valence-electron chi connectivity index (χ2n) is 4.18. The van der Waals surface area contributed by atoms with Crippen molar-refractivity contribution in [2.24, 2.45) is 0 Å². The van der Waals surface area contributed by atoms with Crippen LogP contribution >= 0.6 is 11.6 Å². The minimum Gasteiger partial charge on any atom is -0.321 e. The van der Waals surface area contributed by atoms with Crippen LogP contribution in [0.5, 0.6) is 0 Å². The van der Waals surface area contributed by atoms with Gasteiger partial charge in [0.05, 0.1) is 5.69 Å². The number of hydrogen-bond donors (Lipinski definition) is 0. The van der Waals surface area contributed by atoms with Crippen molar-refractivity contribution in [3.05, 3.63) is 52.1 Å². The van der Waals surface area contributed by atoms with E-state index in [-0.39, 0.29) is 0 Å². The summed E-state index contributed by atoms with van der Waals surface area (Å²) in [5.41, 5.74) is 2.55. The number of carbonyl (C=O) groups is 1. The number of rotatable bonds is 4. The highest BCUT2D eigenvalue weighted by molar-refractivity contribution is 6.30. The molecule has 3 nitrogen and oxygen atoms in total. The lowest BCUT2D eigenvalue weighted by molar-refractivity contribution is 0.111. The molecular formula is C14H15ClN2O. The second kappa shape index (κ2) is 5.36. The molecule has 18 heavy (non-hydrogen) atoms. The van der Waals surface area contributed by atoms with Crippen LogP contribution in [0.1, 0.15) is 34.5 Å². The molecule has 0 atom stereocenters. The van der Waals surface area contributed by atoms with Gasteiger partial charge in [0.15, 0.2) is 6.29 Å². The van der Waals surface area contributed by atoms with Crippen LogP contribution in [-0.4, -0.2) is 15.8 Å². The van der Waals surface area contributed by atoms with Crippen LogP contribution in [0.15, 0.2) is 24.3 Å². The summed E-state index contributed by atoms with van der Waals surface area (Å²) in [5.74, 6) is 0.935. The van der Waals surface area contributed by atoms with Crippen LogP contribution in [-0.2, 0) is 13.0 Å². The Morgan fingerprint density at radius 1 is 1.33 bits per heavy atom. The minimum absolute atomic E-state index is 0.648. The van der Waals surface area contributed by atoms with Gasteiger partial charge in [-0.2, -0.15) is 0 Å². The number of carbonyl (C=O) groups excluding carboxylic acids is 1. The smallest absolute Gasteiger partial charge is 0.168 e. The SMILES string of the molecule is CCc1nc(C)c(C=O)n1Cc1ccc(Cl)cc1. The zero-order chi connectivity index (χ0) is 13.1. The molecule has 0 unspecified atom stereocenters. The van der Waals surface area contributed by atoms with E-state index in [1.54, 1.807) is 0 Å². The summed E-state index contributed by atoms with van der Waals surface area (Å²) in [6.45, 7) is 4.55. The Hall–Kier alpha value is -1.61. The van der Waals surface area contributed by atoms with Gasteiger partial charge in [0.25, 0.3) is 0 Å². The van der Waals surface area contributed by atoms with Gasteiger partial charge in [-0.3, -0.25) is 4.79 Å². The van der Waals surface area contributed by atoms with Crippen molar-refractivity contribution in [3.8, 4) is 0 Å². The average Bonchev–Trinajstić information content (AvgIpc) is 2.67. The van der Waals surface area contributed by atoms with Crippen LogP contribution in [0, 0.1) is 6.92 Å². The Morgan fingerprint density at radius 3 is 2.56 bits per heavy atom. The largest absolute Gasteiger partial charge is 0.321 e. The Labute approximate surface area is 111 Å². The van der Waals surface area contributed by atoms with Gasteiger partial charge in [0, 0.05) is 18.0 Å². The molecule has 1 aromatic heterocycles. The first-order valence-corrected chi connectivity index (χ1v) is 6.29. The predicted molar refractivity (Wildman–Crippen MR) is 72.3 cm³/mol. The summed E-state index contributed by atoms with van der Waals surface area (Å²) in [6, 6.07) is 7.64. The van der Waals surface area contributed by atoms with Crippen molar-refractivity contribution in [2.75, 3.05) is 0 Å². The molecule has 94 valence electrons. The van der Waals surface area contributed by atoms with Crippen molar-refractivity contribution in [1.82, 2.24) is 9.55 Å². The lowest BCUT2D eigenvalue weighted by Crippen LogP contribution is -2.08. The van der Waals surface area contributed by atoms with Crippen molar-refractivity contribution in [2.45, 2.75) is 26.8 Å². The number of nitrogens with zero attached hydrogens (tertiary/aromatic N) is 2. The first-order chi connectivity index (χ1) is 8.65. The Morgan fingerprint density at radius 2 is 2.00 bits per heavy atom. The molecule has 1 aromatic carbocycles. The van der Waals surface area contributed by atoms with Crippen LogP contribution in [0.25, 0.3) is 0 Å². The maximum atomic E-state index is 11.1. The molecule has 0 radical (unpaired) electrons. The Kier molecular flexibility index (Phi) is 3.82. The maximum Gasteiger partial charge on any atom is 0.168 e. The average molecular weight is 263 g/mol. The molecule has 0 aliphatic heterocycles. The molecule has 0 aliphatic carbocycles. The zero-order valence-electron chi connectivity index (χ0n) is 10.5. The topological polar surface area (TPSA) is 34.9 Å². The van der Waals surface area contributed by atoms with E-state index in [0.29, 0.717) is 17.3 Å². The minimum atomic E-state index is 0.648. The van der Waals surface area contributed by atoms with Gasteiger partial charge in [-0.15, -0.1) is 0 Å². The van der Waals surface area contributed by atoms with Crippen molar-refractivity contribution >= 4 is 17.9 Å². The predicted octanol–water partition coefficient (Wildman–Crippen LogP) is 3.27. The fourth-order valence-electron chi connectivity index (χ4n) is 2.01. The third-order valence-corrected chi connectivity index (χ3v) is 3.20. The second-order valence-corrected chi connectivity index (χ2v) is 4.62. The number of hydrogen-bond acceptors (Lipinski definition) is 2. The molecule has 0 amide bonds. The number of imidazole rings is 1. The molecular weight excluding hydrogens is 248 g/mol. The van der Waals surface area contributed by atoms with Gasteiger partial charge < -0.3 is 4.57 Å². The highest BCUT2D eigenvalue weighted by Gasteiger charge is 2.12. The van der Waals surface area contributed by atoms with Gasteiger partial charge >= 0.3 is 0 Å². The maximum absolute atomic E-state index is 11.1. The Balaban J connectivity index is 2.38. The van der Waals surface area contributed by atoms with Gasteiger partial charge in [-0.1, -0.05) is 30.7 Å². The van der Waals surface area contributed by atoms with Crippen molar-refractivity contribution < 1.29 is 4.79 Å². The zero-order valence-corrected chi connectivity index (χ0v) is 11.2. The molecule has 1 heterocycles. The van der Waals surface area contributed by atoms with Crippen molar-refractivity contribution in [1.29, 1.82) is 0 Å². The molecule has 0 N–H and O–H groups in total. The summed E-state index contributed by atoms with van der Waals surface area (Å²) >= 11 is 5.86. The first kappa shape index (κ1) is 12.8. The first-order valence-electron chi connectivity index (χ1n) is 5.91. The number of aryl methyl sites for hydroxylation is 2. The number of aldehydes is 1. The van der Waals surface area contributed by atoms with E-state index in [0.717, 1.165) is 29.8 Å². The van der Waals surface area contributed by atoms with E-state index >= 15 is 0 Å². The van der Waals surface area contributed by atoms with E-state index in [9.17, 15) is 4.79 Å². The van der Waals surface area contributed by atoms with E-state index < -0.39 is 0 Å². The fourth-order valence-corrected chi connectivity index (χ4v) is 2.14. The normalized spacial score (nSPS) is 10.6. The standard InChI is InChI=1S/C14H15ClN2O/c1-3-14-16-10(2)13(9-18)17(14)8-11-4-6-12(15)7-5-11/h4-7,9H,3,8H2,1-2H3. The molecule has 0 saturated carbocycles. The summed E-state index contributed by atoms with van der Waals surface area (Å²) in [5, 5.41) is 0.715. The van der Waals surface area contributed by atoms with Gasteiger partial charge in [0.2, 0.25) is 0 Å². The summed E-state index contributed by atoms with van der Waals surface area (Å²) in [4.78, 5) is 15.6. The molecule has 2 rings (SSSR count). The summed E-state index contributed by atoms with van der Waals surface area (Å²) < 4.78 is 1.96. The molecule has 0 bridgehead atoms. The molecule has 0 fully saturated rings. The molecule has 0 saturated heterocycles. The Bertz CT molecular complexity index is 558. The number of benzene rings is 1. The quantitative estimate of drug-likeness (QED) is 0.793. The molecule has 4 heteroatoms. The third-order valence-electron chi connectivity index (χ3n) is 2.95. The number of aromatic nitrogens is 2. The van der Waals surface area contributed by atoms with Gasteiger partial charge in [-0.25, -0.2) is 4.98 Å². The summed E-state index contributed by atoms with van der Waals surface area (Å²) in [7, 11) is 0. The van der Waals surface area contributed by atoms with Crippen LogP contribution < -0.4 is 0 Å².